The Hall–Kier alpha value is -4.62. The van der Waals surface area contributed by atoms with Crippen LogP contribution in [0.3, 0.4) is 0 Å². The second-order valence-corrected chi connectivity index (χ2v) is 11.9. The first-order valence-electron chi connectivity index (χ1n) is 14.1. The highest BCUT2D eigenvalue weighted by atomic mass is 16.5. The zero-order chi connectivity index (χ0) is 27.1. The molecule has 0 amide bonds. The smallest absolute Gasteiger partial charge is 0.131 e. The number of rotatable bonds is 2. The van der Waals surface area contributed by atoms with Gasteiger partial charge >= 0.3 is 0 Å². The van der Waals surface area contributed by atoms with E-state index in [2.05, 4.69) is 142 Å². The molecule has 8 rings (SSSR count). The van der Waals surface area contributed by atoms with Crippen LogP contribution in [0.1, 0.15) is 48.6 Å². The van der Waals surface area contributed by atoms with Crippen LogP contribution in [0.25, 0.3) is 33.0 Å². The Morgan fingerprint density at radius 2 is 1.15 bits per heavy atom. The number of para-hydroxylation sites is 1. The van der Waals surface area contributed by atoms with Gasteiger partial charge in [0.2, 0.25) is 0 Å². The summed E-state index contributed by atoms with van der Waals surface area (Å²) >= 11 is 0. The Labute approximate surface area is 235 Å². The van der Waals surface area contributed by atoms with Crippen molar-refractivity contribution in [1.29, 1.82) is 0 Å². The molecule has 1 unspecified atom stereocenters. The van der Waals surface area contributed by atoms with Crippen LogP contribution in [-0.2, 0) is 10.8 Å². The van der Waals surface area contributed by atoms with Crippen molar-refractivity contribution in [3.05, 3.63) is 155 Å². The maximum Gasteiger partial charge on any atom is 0.131 e. The Balaban J connectivity index is 1.33. The van der Waals surface area contributed by atoms with Crippen molar-refractivity contribution < 1.29 is 4.74 Å². The minimum Gasteiger partial charge on any atom is -0.457 e. The average molecular weight is 515 g/mol. The van der Waals surface area contributed by atoms with Crippen molar-refractivity contribution in [1.82, 2.24) is 0 Å². The maximum absolute atomic E-state index is 6.35. The van der Waals surface area contributed by atoms with Gasteiger partial charge in [-0.05, 0) is 80.9 Å². The Bertz CT molecular complexity index is 1960. The lowest BCUT2D eigenvalue weighted by Gasteiger charge is -2.34. The van der Waals surface area contributed by atoms with Crippen LogP contribution in [0.2, 0.25) is 0 Å². The number of ether oxygens (including phenoxy) is 1. The molecule has 1 aliphatic heterocycles. The first kappa shape index (κ1) is 23.3. The highest BCUT2D eigenvalue weighted by Crippen LogP contribution is 2.56. The molecule has 1 heteroatoms. The summed E-state index contributed by atoms with van der Waals surface area (Å²) in [5.74, 6) is 1.90. The molecule has 0 fully saturated rings. The lowest BCUT2D eigenvalue weighted by Crippen LogP contribution is -2.24. The lowest BCUT2D eigenvalue weighted by molar-refractivity contribution is 0.418. The van der Waals surface area contributed by atoms with E-state index >= 15 is 0 Å². The third kappa shape index (κ3) is 3.09. The van der Waals surface area contributed by atoms with Crippen molar-refractivity contribution in [3.8, 4) is 33.8 Å². The monoisotopic (exact) mass is 514 g/mol. The van der Waals surface area contributed by atoms with Crippen LogP contribution in [0.15, 0.2) is 127 Å². The van der Waals surface area contributed by atoms with E-state index in [-0.39, 0.29) is 10.8 Å². The maximum atomic E-state index is 6.35. The molecule has 0 spiro atoms. The highest BCUT2D eigenvalue weighted by Gasteiger charge is 2.42. The summed E-state index contributed by atoms with van der Waals surface area (Å²) in [4.78, 5) is 0. The van der Waals surface area contributed by atoms with E-state index in [9.17, 15) is 0 Å². The summed E-state index contributed by atoms with van der Waals surface area (Å²) in [6.45, 7) is 7.01. The Morgan fingerprint density at radius 1 is 0.500 bits per heavy atom. The molecule has 6 aromatic carbocycles. The van der Waals surface area contributed by atoms with E-state index in [1.54, 1.807) is 0 Å². The van der Waals surface area contributed by atoms with Crippen molar-refractivity contribution in [2.45, 2.75) is 31.6 Å². The van der Waals surface area contributed by atoms with Gasteiger partial charge in [0.05, 0.1) is 0 Å². The quantitative estimate of drug-likeness (QED) is 0.223. The Kier molecular flexibility index (Phi) is 4.77. The zero-order valence-corrected chi connectivity index (χ0v) is 23.0. The second-order valence-electron chi connectivity index (χ2n) is 11.9. The summed E-state index contributed by atoms with van der Waals surface area (Å²) in [5.41, 5.74) is 11.2. The highest BCUT2D eigenvalue weighted by molar-refractivity contribution is 5.99. The summed E-state index contributed by atoms with van der Waals surface area (Å²) in [5, 5.41) is 2.61. The molecule has 1 heterocycles. The first-order valence-corrected chi connectivity index (χ1v) is 14.1. The second kappa shape index (κ2) is 8.19. The van der Waals surface area contributed by atoms with Crippen LogP contribution in [-0.4, -0.2) is 0 Å². The normalized spacial score (nSPS) is 17.9. The molecule has 1 nitrogen and oxygen atoms in total. The molecular formula is C39H30O. The van der Waals surface area contributed by atoms with Gasteiger partial charge in [-0.15, -0.1) is 0 Å². The number of fused-ring (bicyclic) bond motifs is 7. The number of benzene rings is 6. The molecular weight excluding hydrogens is 484 g/mol. The lowest BCUT2D eigenvalue weighted by atomic mass is 9.72. The topological polar surface area (TPSA) is 9.23 Å². The largest absolute Gasteiger partial charge is 0.457 e. The van der Waals surface area contributed by atoms with Gasteiger partial charge in [-0.25, -0.2) is 0 Å². The van der Waals surface area contributed by atoms with Gasteiger partial charge in [0.25, 0.3) is 0 Å². The van der Waals surface area contributed by atoms with Crippen molar-refractivity contribution in [2.24, 2.45) is 0 Å². The summed E-state index contributed by atoms with van der Waals surface area (Å²) in [6, 6.07) is 46.6. The first-order chi connectivity index (χ1) is 19.5. The fourth-order valence-electron chi connectivity index (χ4n) is 7.24. The van der Waals surface area contributed by atoms with Gasteiger partial charge in [-0.2, -0.15) is 0 Å². The minimum absolute atomic E-state index is 0.148. The number of hydrogen-bond donors (Lipinski definition) is 0. The van der Waals surface area contributed by atoms with Crippen LogP contribution < -0.4 is 4.74 Å². The summed E-state index contributed by atoms with van der Waals surface area (Å²) < 4.78 is 6.35. The molecule has 2 aliphatic rings. The molecule has 40 heavy (non-hydrogen) atoms. The molecule has 0 radical (unpaired) electrons. The van der Waals surface area contributed by atoms with E-state index in [0.29, 0.717) is 0 Å². The van der Waals surface area contributed by atoms with Crippen molar-refractivity contribution in [3.63, 3.8) is 0 Å². The fraction of sp³-hybridized carbons (Fsp3) is 0.128. The van der Waals surface area contributed by atoms with Crippen molar-refractivity contribution >= 4 is 10.8 Å². The van der Waals surface area contributed by atoms with Gasteiger partial charge in [-0.3, -0.25) is 0 Å². The zero-order valence-electron chi connectivity index (χ0n) is 23.0. The average Bonchev–Trinajstić information content (AvgIpc) is 3.26. The third-order valence-electron chi connectivity index (χ3n) is 9.40. The van der Waals surface area contributed by atoms with Crippen molar-refractivity contribution in [2.75, 3.05) is 0 Å². The van der Waals surface area contributed by atoms with Gasteiger partial charge in [0, 0.05) is 22.0 Å². The van der Waals surface area contributed by atoms with E-state index in [1.165, 1.54) is 60.8 Å². The summed E-state index contributed by atoms with van der Waals surface area (Å²) in [6.07, 6.45) is 0. The van der Waals surface area contributed by atoms with Gasteiger partial charge < -0.3 is 4.74 Å². The van der Waals surface area contributed by atoms with Gasteiger partial charge in [-0.1, -0.05) is 117 Å². The third-order valence-corrected chi connectivity index (χ3v) is 9.40. The predicted molar refractivity (Wildman–Crippen MR) is 165 cm³/mol. The standard InChI is InChI=1S/C39H30O/c1-38(2)32-15-9-10-16-35(32)40-36-22-19-27(24-34(36)38)26-18-20-30-31-21-17-25-11-7-8-14-29(25)37(31)39(3,33(30)23-26)28-12-5-4-6-13-28/h4-24H,1-3H3. The molecule has 0 saturated heterocycles. The van der Waals surface area contributed by atoms with E-state index in [1.807, 2.05) is 6.07 Å². The van der Waals surface area contributed by atoms with E-state index in [0.717, 1.165) is 11.5 Å². The van der Waals surface area contributed by atoms with Gasteiger partial charge in [0.1, 0.15) is 11.5 Å². The predicted octanol–water partition coefficient (Wildman–Crippen LogP) is 10.3. The molecule has 0 saturated carbocycles. The van der Waals surface area contributed by atoms with Gasteiger partial charge in [0.15, 0.2) is 0 Å². The summed E-state index contributed by atoms with van der Waals surface area (Å²) in [7, 11) is 0. The van der Waals surface area contributed by atoms with Crippen LogP contribution >= 0.6 is 0 Å². The van der Waals surface area contributed by atoms with Crippen LogP contribution in [0.5, 0.6) is 11.5 Å². The molecule has 6 aromatic rings. The fourth-order valence-corrected chi connectivity index (χ4v) is 7.24. The molecule has 0 N–H and O–H groups in total. The molecule has 1 aliphatic carbocycles. The SMILES string of the molecule is CC1(C)c2ccccc2Oc2ccc(-c3ccc4c(c3)C(C)(c3ccccc3)c3c-4ccc4ccccc34)cc21. The Morgan fingerprint density at radius 3 is 2.00 bits per heavy atom. The molecule has 0 bridgehead atoms. The van der Waals surface area contributed by atoms with Crippen LogP contribution in [0.4, 0.5) is 0 Å². The van der Waals surface area contributed by atoms with Crippen LogP contribution in [0, 0.1) is 0 Å². The number of hydrogen-bond acceptors (Lipinski definition) is 1. The molecule has 1 atom stereocenters. The molecule has 0 aromatic heterocycles. The van der Waals surface area contributed by atoms with E-state index < -0.39 is 0 Å². The van der Waals surface area contributed by atoms with E-state index in [4.69, 9.17) is 4.74 Å². The minimum atomic E-state index is -0.266. The molecule has 192 valence electrons.